The fourth-order valence-corrected chi connectivity index (χ4v) is 1.42. The minimum absolute atomic E-state index is 0.219. The lowest BCUT2D eigenvalue weighted by Gasteiger charge is -2.05. The first-order chi connectivity index (χ1) is 5.97. The second-order valence-corrected chi connectivity index (χ2v) is 3.42. The summed E-state index contributed by atoms with van der Waals surface area (Å²) >= 11 is 0. The molecule has 1 aliphatic carbocycles. The van der Waals surface area contributed by atoms with Crippen molar-refractivity contribution in [1.82, 2.24) is 0 Å². The van der Waals surface area contributed by atoms with Crippen LogP contribution >= 0.6 is 0 Å². The molecular formula is C10H13F3. The van der Waals surface area contributed by atoms with E-state index in [1.54, 1.807) is 0 Å². The molecule has 0 N–H and O–H groups in total. The van der Waals surface area contributed by atoms with Gasteiger partial charge in [0, 0.05) is 6.42 Å². The van der Waals surface area contributed by atoms with E-state index in [9.17, 15) is 13.2 Å². The summed E-state index contributed by atoms with van der Waals surface area (Å²) in [7, 11) is 0. The highest BCUT2D eigenvalue weighted by molar-refractivity contribution is 5.30. The van der Waals surface area contributed by atoms with Crippen LogP contribution in [0.15, 0.2) is 23.3 Å². The van der Waals surface area contributed by atoms with Gasteiger partial charge in [0.25, 0.3) is 0 Å². The van der Waals surface area contributed by atoms with Crippen LogP contribution in [-0.2, 0) is 0 Å². The molecule has 0 amide bonds. The minimum atomic E-state index is -4.00. The third-order valence-corrected chi connectivity index (χ3v) is 2.08. The van der Waals surface area contributed by atoms with E-state index in [1.807, 2.05) is 19.1 Å². The molecule has 0 aromatic heterocycles. The second kappa shape index (κ2) is 3.99. The van der Waals surface area contributed by atoms with Gasteiger partial charge in [-0.05, 0) is 26.2 Å². The monoisotopic (exact) mass is 190 g/mol. The van der Waals surface area contributed by atoms with Gasteiger partial charge in [-0.15, -0.1) is 0 Å². The van der Waals surface area contributed by atoms with Crippen molar-refractivity contribution in [3.8, 4) is 0 Å². The maximum absolute atomic E-state index is 11.8. The zero-order valence-corrected chi connectivity index (χ0v) is 7.62. The van der Waals surface area contributed by atoms with Crippen LogP contribution in [0, 0.1) is 0 Å². The molecule has 0 bridgehead atoms. The normalized spacial score (nSPS) is 17.2. The Balaban J connectivity index is 2.19. The number of allylic oxidation sites excluding steroid dienone is 4. The van der Waals surface area contributed by atoms with Crippen molar-refractivity contribution in [3.63, 3.8) is 0 Å². The molecule has 0 nitrogen and oxygen atoms in total. The maximum atomic E-state index is 11.8. The van der Waals surface area contributed by atoms with E-state index in [0.717, 1.165) is 12.0 Å². The zero-order valence-electron chi connectivity index (χ0n) is 7.62. The Kier molecular flexibility index (Phi) is 3.17. The van der Waals surface area contributed by atoms with Crippen molar-refractivity contribution in [2.45, 2.75) is 38.8 Å². The fourth-order valence-electron chi connectivity index (χ4n) is 1.42. The van der Waals surface area contributed by atoms with Crippen LogP contribution in [0.25, 0.3) is 0 Å². The average Bonchev–Trinajstić information content (AvgIpc) is 2.33. The van der Waals surface area contributed by atoms with Gasteiger partial charge in [0.15, 0.2) is 0 Å². The van der Waals surface area contributed by atoms with Gasteiger partial charge < -0.3 is 0 Å². The molecule has 3 heteroatoms. The molecule has 0 aliphatic heterocycles. The summed E-state index contributed by atoms with van der Waals surface area (Å²) in [6.45, 7) is 1.97. The molecular weight excluding hydrogens is 177 g/mol. The lowest BCUT2D eigenvalue weighted by molar-refractivity contribution is -0.135. The molecule has 74 valence electrons. The summed E-state index contributed by atoms with van der Waals surface area (Å²) in [5.41, 5.74) is 2.30. The van der Waals surface area contributed by atoms with Crippen LogP contribution < -0.4 is 0 Å². The molecule has 0 heterocycles. The predicted octanol–water partition coefficient (Wildman–Crippen LogP) is 4.00. The first-order valence-corrected chi connectivity index (χ1v) is 4.40. The van der Waals surface area contributed by atoms with E-state index < -0.39 is 12.6 Å². The SMILES string of the molecule is CC1=CCC(CCCC(F)(F)F)=C1. The summed E-state index contributed by atoms with van der Waals surface area (Å²) < 4.78 is 35.3. The van der Waals surface area contributed by atoms with Crippen LogP contribution in [0.3, 0.4) is 0 Å². The minimum Gasteiger partial charge on any atom is -0.171 e. The third kappa shape index (κ3) is 4.15. The van der Waals surface area contributed by atoms with E-state index >= 15 is 0 Å². The first-order valence-electron chi connectivity index (χ1n) is 4.40. The van der Waals surface area contributed by atoms with Gasteiger partial charge in [-0.3, -0.25) is 0 Å². The molecule has 0 fully saturated rings. The Hall–Kier alpha value is -0.730. The van der Waals surface area contributed by atoms with Gasteiger partial charge in [-0.1, -0.05) is 23.3 Å². The molecule has 0 radical (unpaired) electrons. The molecule has 13 heavy (non-hydrogen) atoms. The quantitative estimate of drug-likeness (QED) is 0.631. The highest BCUT2D eigenvalue weighted by Gasteiger charge is 2.26. The van der Waals surface area contributed by atoms with Crippen molar-refractivity contribution >= 4 is 0 Å². The number of halogens is 3. The largest absolute Gasteiger partial charge is 0.389 e. The van der Waals surface area contributed by atoms with Gasteiger partial charge in [0.1, 0.15) is 0 Å². The van der Waals surface area contributed by atoms with Crippen LogP contribution in [-0.4, -0.2) is 6.18 Å². The average molecular weight is 190 g/mol. The van der Waals surface area contributed by atoms with Gasteiger partial charge in [0.2, 0.25) is 0 Å². The Morgan fingerprint density at radius 3 is 2.54 bits per heavy atom. The molecule has 0 atom stereocenters. The summed E-state index contributed by atoms with van der Waals surface area (Å²) in [6, 6.07) is 0. The molecule has 0 aromatic rings. The van der Waals surface area contributed by atoms with Crippen molar-refractivity contribution in [1.29, 1.82) is 0 Å². The molecule has 0 saturated heterocycles. The van der Waals surface area contributed by atoms with Crippen LogP contribution in [0.2, 0.25) is 0 Å². The molecule has 1 rings (SSSR count). The number of hydrogen-bond acceptors (Lipinski definition) is 0. The Labute approximate surface area is 76.1 Å². The molecule has 1 aliphatic rings. The lowest BCUT2D eigenvalue weighted by Crippen LogP contribution is -2.06. The maximum Gasteiger partial charge on any atom is 0.389 e. The number of hydrogen-bond donors (Lipinski definition) is 0. The van der Waals surface area contributed by atoms with Gasteiger partial charge in [-0.25, -0.2) is 0 Å². The molecule has 0 saturated carbocycles. The first kappa shape index (κ1) is 10.4. The summed E-state index contributed by atoms with van der Waals surface area (Å²) in [4.78, 5) is 0. The lowest BCUT2D eigenvalue weighted by atomic mass is 10.1. The summed E-state index contributed by atoms with van der Waals surface area (Å²) in [5.74, 6) is 0. The van der Waals surface area contributed by atoms with Crippen molar-refractivity contribution in [3.05, 3.63) is 23.3 Å². The Bertz CT molecular complexity index is 233. The van der Waals surface area contributed by atoms with Gasteiger partial charge in [-0.2, -0.15) is 13.2 Å². The van der Waals surface area contributed by atoms with E-state index in [-0.39, 0.29) is 6.42 Å². The standard InChI is InChI=1S/C10H13F3/c1-8-4-5-9(7-8)3-2-6-10(11,12)13/h4,7H,2-3,5-6H2,1H3. The smallest absolute Gasteiger partial charge is 0.171 e. The molecule has 0 spiro atoms. The van der Waals surface area contributed by atoms with E-state index in [0.29, 0.717) is 6.42 Å². The van der Waals surface area contributed by atoms with Gasteiger partial charge in [0.05, 0.1) is 0 Å². The second-order valence-electron chi connectivity index (χ2n) is 3.42. The zero-order chi connectivity index (χ0) is 9.90. The predicted molar refractivity (Wildman–Crippen MR) is 46.4 cm³/mol. The van der Waals surface area contributed by atoms with Crippen molar-refractivity contribution in [2.75, 3.05) is 0 Å². The van der Waals surface area contributed by atoms with Crippen molar-refractivity contribution in [2.24, 2.45) is 0 Å². The fraction of sp³-hybridized carbons (Fsp3) is 0.600. The number of rotatable bonds is 3. The summed E-state index contributed by atoms with van der Waals surface area (Å²) in [5, 5.41) is 0. The van der Waals surface area contributed by atoms with E-state index in [2.05, 4.69) is 0 Å². The van der Waals surface area contributed by atoms with Crippen molar-refractivity contribution < 1.29 is 13.2 Å². The Morgan fingerprint density at radius 1 is 1.38 bits per heavy atom. The molecule has 0 unspecified atom stereocenters. The van der Waals surface area contributed by atoms with E-state index in [4.69, 9.17) is 0 Å². The highest BCUT2D eigenvalue weighted by atomic mass is 19.4. The van der Waals surface area contributed by atoms with Gasteiger partial charge >= 0.3 is 6.18 Å². The van der Waals surface area contributed by atoms with Crippen LogP contribution in [0.5, 0.6) is 0 Å². The van der Waals surface area contributed by atoms with Crippen LogP contribution in [0.4, 0.5) is 13.2 Å². The Morgan fingerprint density at radius 2 is 2.08 bits per heavy atom. The number of alkyl halides is 3. The molecule has 0 aromatic carbocycles. The van der Waals surface area contributed by atoms with E-state index in [1.165, 1.54) is 5.57 Å². The summed E-state index contributed by atoms with van der Waals surface area (Å²) in [6.07, 6.45) is 0.998. The van der Waals surface area contributed by atoms with Crippen LogP contribution in [0.1, 0.15) is 32.6 Å². The highest BCUT2D eigenvalue weighted by Crippen LogP contribution is 2.26. The topological polar surface area (TPSA) is 0 Å². The third-order valence-electron chi connectivity index (χ3n) is 2.08.